The van der Waals surface area contributed by atoms with E-state index in [0.717, 1.165) is 5.56 Å². The van der Waals surface area contributed by atoms with E-state index in [2.05, 4.69) is 15.2 Å². The molecule has 0 N–H and O–H groups in total. The van der Waals surface area contributed by atoms with Crippen LogP contribution in [-0.4, -0.2) is 15.2 Å². The molecule has 0 radical (unpaired) electrons. The highest BCUT2D eigenvalue weighted by Crippen LogP contribution is 2.21. The molecule has 0 unspecified atom stereocenters. The summed E-state index contributed by atoms with van der Waals surface area (Å²) in [5.41, 5.74) is 2.32. The molecule has 2 aromatic carbocycles. The van der Waals surface area contributed by atoms with Gasteiger partial charge >= 0.3 is 0 Å². The van der Waals surface area contributed by atoms with Gasteiger partial charge in [-0.2, -0.15) is 0 Å². The molecule has 3 nitrogen and oxygen atoms in total. The largest absolute Gasteiger partial charge is 0.223 e. The van der Waals surface area contributed by atoms with Gasteiger partial charge in [-0.1, -0.05) is 48.0 Å². The minimum absolute atomic E-state index is 0.589. The topological polar surface area (TPSA) is 38.7 Å². The molecule has 3 rings (SSSR count). The Balaban J connectivity index is 2.23. The van der Waals surface area contributed by atoms with Crippen molar-refractivity contribution in [2.45, 2.75) is 0 Å². The third-order valence-corrected chi connectivity index (χ3v) is 2.77. The average molecular weight is 242 g/mol. The zero-order valence-corrected chi connectivity index (χ0v) is 9.59. The van der Waals surface area contributed by atoms with Gasteiger partial charge in [-0.25, -0.2) is 4.98 Å². The molecule has 4 heteroatoms. The Morgan fingerprint density at radius 2 is 1.65 bits per heavy atom. The van der Waals surface area contributed by atoms with Gasteiger partial charge in [0.25, 0.3) is 0 Å². The number of para-hydroxylation sites is 1. The quantitative estimate of drug-likeness (QED) is 0.656. The zero-order valence-electron chi connectivity index (χ0n) is 8.84. The Morgan fingerprint density at radius 3 is 2.47 bits per heavy atom. The lowest BCUT2D eigenvalue weighted by Crippen LogP contribution is -1.94. The summed E-state index contributed by atoms with van der Waals surface area (Å²) in [4.78, 5) is 4.44. The Kier molecular flexibility index (Phi) is 2.46. The molecule has 3 aromatic rings. The van der Waals surface area contributed by atoms with E-state index in [1.165, 1.54) is 0 Å². The van der Waals surface area contributed by atoms with Crippen LogP contribution in [0.15, 0.2) is 48.5 Å². The molecule has 0 fully saturated rings. The van der Waals surface area contributed by atoms with Crippen molar-refractivity contribution >= 4 is 22.6 Å². The van der Waals surface area contributed by atoms with Crippen LogP contribution in [0, 0.1) is 0 Å². The predicted octanol–water partition coefficient (Wildman–Crippen LogP) is 3.35. The minimum Gasteiger partial charge on any atom is -0.223 e. The van der Waals surface area contributed by atoms with Gasteiger partial charge in [0.1, 0.15) is 11.0 Å². The number of benzene rings is 2. The average Bonchev–Trinajstić information content (AvgIpc) is 2.40. The smallest absolute Gasteiger partial charge is 0.182 e. The first kappa shape index (κ1) is 10.2. The van der Waals surface area contributed by atoms with Crippen LogP contribution >= 0.6 is 11.6 Å². The number of rotatable bonds is 1. The molecule has 82 valence electrons. The van der Waals surface area contributed by atoms with Crippen molar-refractivity contribution in [3.05, 3.63) is 53.6 Å². The van der Waals surface area contributed by atoms with E-state index in [4.69, 9.17) is 11.6 Å². The summed E-state index contributed by atoms with van der Waals surface area (Å²) in [6.07, 6.45) is 0. The second-order valence-electron chi connectivity index (χ2n) is 3.61. The monoisotopic (exact) mass is 241 g/mol. The van der Waals surface area contributed by atoms with Crippen molar-refractivity contribution < 1.29 is 0 Å². The molecular weight excluding hydrogens is 234 g/mol. The van der Waals surface area contributed by atoms with E-state index in [1.54, 1.807) is 6.07 Å². The van der Waals surface area contributed by atoms with Crippen LogP contribution < -0.4 is 0 Å². The van der Waals surface area contributed by atoms with Crippen molar-refractivity contribution in [3.8, 4) is 11.4 Å². The van der Waals surface area contributed by atoms with Crippen LogP contribution in [-0.2, 0) is 0 Å². The van der Waals surface area contributed by atoms with Crippen molar-refractivity contribution in [2.24, 2.45) is 0 Å². The second kappa shape index (κ2) is 4.11. The van der Waals surface area contributed by atoms with Crippen molar-refractivity contribution in [2.75, 3.05) is 0 Å². The number of hydrogen-bond acceptors (Lipinski definition) is 3. The summed E-state index contributed by atoms with van der Waals surface area (Å²) in [5, 5.41) is 8.81. The second-order valence-corrected chi connectivity index (χ2v) is 4.02. The molecule has 0 spiro atoms. The van der Waals surface area contributed by atoms with Crippen LogP contribution in [0.3, 0.4) is 0 Å². The molecule has 0 saturated heterocycles. The number of aromatic nitrogens is 3. The lowest BCUT2D eigenvalue weighted by molar-refractivity contribution is 1.03. The normalized spacial score (nSPS) is 10.6. The summed E-state index contributed by atoms with van der Waals surface area (Å²) < 4.78 is 0. The fourth-order valence-corrected chi connectivity index (χ4v) is 1.85. The standard InChI is InChI=1S/C13H8ClN3/c14-10-7-4-8-11-12(10)15-13(17-16-11)9-5-2-1-3-6-9/h1-8H. The zero-order chi connectivity index (χ0) is 11.7. The Hall–Kier alpha value is -2.00. The first-order chi connectivity index (χ1) is 8.34. The fourth-order valence-electron chi connectivity index (χ4n) is 1.63. The Morgan fingerprint density at radius 1 is 0.824 bits per heavy atom. The molecular formula is C13H8ClN3. The van der Waals surface area contributed by atoms with Crippen molar-refractivity contribution in [1.29, 1.82) is 0 Å². The van der Waals surface area contributed by atoms with Gasteiger partial charge < -0.3 is 0 Å². The third-order valence-electron chi connectivity index (χ3n) is 2.47. The molecule has 17 heavy (non-hydrogen) atoms. The molecule has 0 atom stereocenters. The van der Waals surface area contributed by atoms with Crippen molar-refractivity contribution in [3.63, 3.8) is 0 Å². The molecule has 1 heterocycles. The van der Waals surface area contributed by atoms with Crippen molar-refractivity contribution in [1.82, 2.24) is 15.2 Å². The molecule has 1 aromatic heterocycles. The number of halogens is 1. The maximum Gasteiger partial charge on any atom is 0.182 e. The highest BCUT2D eigenvalue weighted by Gasteiger charge is 2.06. The first-order valence-electron chi connectivity index (χ1n) is 5.19. The van der Waals surface area contributed by atoms with Crippen LogP contribution in [0.4, 0.5) is 0 Å². The van der Waals surface area contributed by atoms with E-state index >= 15 is 0 Å². The summed E-state index contributed by atoms with van der Waals surface area (Å²) in [6, 6.07) is 15.2. The SMILES string of the molecule is Clc1cccc2nnc(-c3ccccc3)nc12. The number of nitrogens with zero attached hydrogens (tertiary/aromatic N) is 3. The van der Waals surface area contributed by atoms with Gasteiger partial charge in [0.15, 0.2) is 5.82 Å². The highest BCUT2D eigenvalue weighted by atomic mass is 35.5. The highest BCUT2D eigenvalue weighted by molar-refractivity contribution is 6.34. The van der Waals surface area contributed by atoms with E-state index in [0.29, 0.717) is 21.9 Å². The van der Waals surface area contributed by atoms with E-state index in [1.807, 2.05) is 42.5 Å². The molecule has 0 amide bonds. The van der Waals surface area contributed by atoms with Gasteiger partial charge in [-0.3, -0.25) is 0 Å². The van der Waals surface area contributed by atoms with E-state index in [9.17, 15) is 0 Å². The van der Waals surface area contributed by atoms with Gasteiger partial charge in [-0.15, -0.1) is 10.2 Å². The lowest BCUT2D eigenvalue weighted by Gasteiger charge is -2.01. The van der Waals surface area contributed by atoms with Gasteiger partial charge in [0.2, 0.25) is 0 Å². The third kappa shape index (κ3) is 1.85. The maximum atomic E-state index is 6.09. The van der Waals surface area contributed by atoms with Crippen LogP contribution in [0.2, 0.25) is 5.02 Å². The van der Waals surface area contributed by atoms with Crippen LogP contribution in [0.5, 0.6) is 0 Å². The first-order valence-corrected chi connectivity index (χ1v) is 5.57. The summed E-state index contributed by atoms with van der Waals surface area (Å²) in [5.74, 6) is 0.589. The minimum atomic E-state index is 0.589. The van der Waals surface area contributed by atoms with Gasteiger partial charge in [0.05, 0.1) is 5.02 Å². The summed E-state index contributed by atoms with van der Waals surface area (Å²) >= 11 is 6.09. The Labute approximate surface area is 103 Å². The lowest BCUT2D eigenvalue weighted by atomic mass is 10.2. The van der Waals surface area contributed by atoms with E-state index in [-0.39, 0.29) is 0 Å². The van der Waals surface area contributed by atoms with Crippen LogP contribution in [0.1, 0.15) is 0 Å². The molecule has 0 aliphatic carbocycles. The van der Waals surface area contributed by atoms with Gasteiger partial charge in [0, 0.05) is 5.56 Å². The van der Waals surface area contributed by atoms with E-state index < -0.39 is 0 Å². The predicted molar refractivity (Wildman–Crippen MR) is 67.8 cm³/mol. The molecule has 0 aliphatic rings. The number of hydrogen-bond donors (Lipinski definition) is 0. The maximum absolute atomic E-state index is 6.09. The number of fused-ring (bicyclic) bond motifs is 1. The van der Waals surface area contributed by atoms with Crippen LogP contribution in [0.25, 0.3) is 22.4 Å². The summed E-state index contributed by atoms with van der Waals surface area (Å²) in [7, 11) is 0. The fraction of sp³-hybridized carbons (Fsp3) is 0. The Bertz CT molecular complexity index is 668. The molecule has 0 bridgehead atoms. The molecule has 0 saturated carbocycles. The molecule has 0 aliphatic heterocycles. The van der Waals surface area contributed by atoms with Gasteiger partial charge in [-0.05, 0) is 12.1 Å². The summed E-state index contributed by atoms with van der Waals surface area (Å²) in [6.45, 7) is 0.